The highest BCUT2D eigenvalue weighted by Crippen LogP contribution is 2.30. The number of nitrogens with zero attached hydrogens (tertiary/aromatic N) is 1. The minimum atomic E-state index is -1.91. The lowest BCUT2D eigenvalue weighted by Gasteiger charge is -2.27. The lowest BCUT2D eigenvalue weighted by atomic mass is 9.85. The van der Waals surface area contributed by atoms with E-state index in [9.17, 15) is 15.0 Å². The Morgan fingerprint density at radius 1 is 0.867 bits per heavy atom. The molecule has 0 atom stereocenters. The van der Waals surface area contributed by atoms with Crippen LogP contribution in [0.2, 0.25) is 0 Å². The van der Waals surface area contributed by atoms with Crippen molar-refractivity contribution in [2.45, 2.75) is 31.8 Å². The first-order chi connectivity index (χ1) is 14.2. The van der Waals surface area contributed by atoms with Crippen LogP contribution >= 0.6 is 0 Å². The molecule has 0 aliphatic rings. The summed E-state index contributed by atoms with van der Waals surface area (Å²) in [7, 11) is 0. The highest BCUT2D eigenvalue weighted by atomic mass is 16.3. The van der Waals surface area contributed by atoms with Crippen LogP contribution in [-0.4, -0.2) is 22.3 Å². The zero-order chi connectivity index (χ0) is 21.8. The topological polar surface area (TPSA) is 81.9 Å². The summed E-state index contributed by atoms with van der Waals surface area (Å²) in [5.41, 5.74) is 2.79. The van der Waals surface area contributed by atoms with Gasteiger partial charge in [0, 0.05) is 5.56 Å². The number of carbonyl (C=O) groups is 1. The van der Waals surface area contributed by atoms with E-state index in [0.717, 1.165) is 5.56 Å². The summed E-state index contributed by atoms with van der Waals surface area (Å²) in [6.07, 6.45) is 1.37. The first-order valence-electron chi connectivity index (χ1n) is 9.73. The number of phenols is 1. The van der Waals surface area contributed by atoms with Crippen molar-refractivity contribution in [1.29, 1.82) is 0 Å². The summed E-state index contributed by atoms with van der Waals surface area (Å²) in [5, 5.41) is 25.5. The van der Waals surface area contributed by atoms with Gasteiger partial charge in [-0.25, -0.2) is 5.43 Å². The van der Waals surface area contributed by atoms with Crippen molar-refractivity contribution in [1.82, 2.24) is 5.43 Å². The Labute approximate surface area is 176 Å². The number of amides is 1. The van der Waals surface area contributed by atoms with E-state index in [4.69, 9.17) is 0 Å². The second kappa shape index (κ2) is 8.51. The molecule has 30 heavy (non-hydrogen) atoms. The minimum Gasteiger partial charge on any atom is -0.507 e. The molecule has 0 aromatic heterocycles. The van der Waals surface area contributed by atoms with Gasteiger partial charge in [0.15, 0.2) is 5.60 Å². The molecule has 0 bridgehead atoms. The van der Waals surface area contributed by atoms with Gasteiger partial charge in [-0.05, 0) is 34.2 Å². The monoisotopic (exact) mass is 402 g/mol. The highest BCUT2D eigenvalue weighted by molar-refractivity contribution is 5.91. The van der Waals surface area contributed by atoms with Gasteiger partial charge in [-0.1, -0.05) is 87.5 Å². The molecular formula is C25H26N2O3. The predicted octanol–water partition coefficient (Wildman–Crippen LogP) is 4.08. The number of hydrazone groups is 1. The van der Waals surface area contributed by atoms with Crippen molar-refractivity contribution in [3.63, 3.8) is 0 Å². The molecule has 5 heteroatoms. The van der Waals surface area contributed by atoms with E-state index in [-0.39, 0.29) is 11.2 Å². The zero-order valence-corrected chi connectivity index (χ0v) is 17.3. The smallest absolute Gasteiger partial charge is 0.281 e. The molecule has 3 rings (SSSR count). The van der Waals surface area contributed by atoms with Gasteiger partial charge in [0.05, 0.1) is 6.21 Å². The van der Waals surface area contributed by atoms with E-state index in [1.807, 2.05) is 24.3 Å². The summed E-state index contributed by atoms with van der Waals surface area (Å²) >= 11 is 0. The number of aromatic hydroxyl groups is 1. The summed E-state index contributed by atoms with van der Waals surface area (Å²) in [6, 6.07) is 22.7. The number of benzene rings is 3. The van der Waals surface area contributed by atoms with Crippen LogP contribution in [0.15, 0.2) is 84.0 Å². The quantitative estimate of drug-likeness (QED) is 0.444. The Hall–Kier alpha value is -3.44. The van der Waals surface area contributed by atoms with Crippen LogP contribution in [0, 0.1) is 0 Å². The molecular weight excluding hydrogens is 376 g/mol. The summed E-state index contributed by atoms with van der Waals surface area (Å²) < 4.78 is 0. The highest BCUT2D eigenvalue weighted by Gasteiger charge is 2.39. The summed E-state index contributed by atoms with van der Waals surface area (Å²) in [6.45, 7) is 6.21. The molecule has 3 aromatic carbocycles. The van der Waals surface area contributed by atoms with Crippen LogP contribution in [0.4, 0.5) is 0 Å². The van der Waals surface area contributed by atoms with Crippen LogP contribution in [0.3, 0.4) is 0 Å². The van der Waals surface area contributed by atoms with Crippen molar-refractivity contribution in [3.05, 3.63) is 101 Å². The number of hydrogen-bond donors (Lipinski definition) is 3. The first kappa shape index (κ1) is 21.3. The van der Waals surface area contributed by atoms with Crippen LogP contribution in [0.5, 0.6) is 5.75 Å². The normalized spacial score (nSPS) is 12.1. The molecule has 0 fully saturated rings. The summed E-state index contributed by atoms with van der Waals surface area (Å²) in [4.78, 5) is 13.0. The van der Waals surface area contributed by atoms with Gasteiger partial charge >= 0.3 is 0 Å². The molecule has 0 saturated heterocycles. The van der Waals surface area contributed by atoms with Gasteiger partial charge < -0.3 is 10.2 Å². The fraction of sp³-hybridized carbons (Fsp3) is 0.200. The molecule has 154 valence electrons. The third-order valence-corrected chi connectivity index (χ3v) is 4.98. The number of hydrogen-bond acceptors (Lipinski definition) is 4. The molecule has 0 unspecified atom stereocenters. The Bertz CT molecular complexity index is 999. The maximum absolute atomic E-state index is 13.0. The van der Waals surface area contributed by atoms with Crippen LogP contribution in [0.25, 0.3) is 0 Å². The van der Waals surface area contributed by atoms with E-state index < -0.39 is 11.5 Å². The Balaban J connectivity index is 1.90. The van der Waals surface area contributed by atoms with Gasteiger partial charge in [0.1, 0.15) is 5.75 Å². The van der Waals surface area contributed by atoms with Gasteiger partial charge in [-0.15, -0.1) is 0 Å². The molecule has 0 radical (unpaired) electrons. The van der Waals surface area contributed by atoms with Gasteiger partial charge in [-0.2, -0.15) is 5.10 Å². The number of aliphatic hydroxyl groups is 1. The molecule has 0 spiro atoms. The van der Waals surface area contributed by atoms with Gasteiger partial charge in [-0.3, -0.25) is 4.79 Å². The first-order valence-corrected chi connectivity index (χ1v) is 9.73. The number of phenolic OH excluding ortho intramolecular Hbond substituents is 1. The average molecular weight is 402 g/mol. The van der Waals surface area contributed by atoms with Crippen molar-refractivity contribution < 1.29 is 15.0 Å². The Morgan fingerprint density at radius 2 is 1.40 bits per heavy atom. The van der Waals surface area contributed by atoms with E-state index in [1.54, 1.807) is 54.6 Å². The maximum atomic E-state index is 13.0. The van der Waals surface area contributed by atoms with E-state index in [2.05, 4.69) is 31.3 Å². The molecule has 5 nitrogen and oxygen atoms in total. The number of nitrogens with one attached hydrogen (secondary N) is 1. The SMILES string of the molecule is CC(C)(C)c1ccc(O)c(/C=N\NC(=O)C(O)(c2ccccc2)c2ccccc2)c1. The van der Waals surface area contributed by atoms with Gasteiger partial charge in [0.2, 0.25) is 0 Å². The third kappa shape index (κ3) is 4.42. The molecule has 1 amide bonds. The van der Waals surface area contributed by atoms with E-state index in [1.165, 1.54) is 6.21 Å². The van der Waals surface area contributed by atoms with Crippen LogP contribution in [0.1, 0.15) is 43.0 Å². The van der Waals surface area contributed by atoms with Crippen molar-refractivity contribution in [2.75, 3.05) is 0 Å². The molecule has 3 aromatic rings. The standard InChI is InChI=1S/C25H26N2O3/c1-24(2,3)21-14-15-22(28)18(16-21)17-26-27-23(29)25(30,19-10-6-4-7-11-19)20-12-8-5-9-13-20/h4-17,28,30H,1-3H3,(H,27,29)/b26-17-. The maximum Gasteiger partial charge on any atom is 0.281 e. The zero-order valence-electron chi connectivity index (χ0n) is 17.3. The molecule has 0 saturated carbocycles. The minimum absolute atomic E-state index is 0.0578. The molecule has 3 N–H and O–H groups in total. The Kier molecular flexibility index (Phi) is 6.04. The number of carbonyl (C=O) groups excluding carboxylic acids is 1. The molecule has 0 aliphatic heterocycles. The average Bonchev–Trinajstić information content (AvgIpc) is 2.74. The number of rotatable bonds is 5. The van der Waals surface area contributed by atoms with Crippen LogP contribution < -0.4 is 5.43 Å². The van der Waals surface area contributed by atoms with Gasteiger partial charge in [0.25, 0.3) is 5.91 Å². The largest absolute Gasteiger partial charge is 0.507 e. The predicted molar refractivity (Wildman–Crippen MR) is 118 cm³/mol. The van der Waals surface area contributed by atoms with Crippen molar-refractivity contribution >= 4 is 12.1 Å². The second-order valence-corrected chi connectivity index (χ2v) is 8.17. The van der Waals surface area contributed by atoms with Crippen molar-refractivity contribution in [2.24, 2.45) is 5.10 Å². The second-order valence-electron chi connectivity index (χ2n) is 8.17. The summed E-state index contributed by atoms with van der Waals surface area (Å²) in [5.74, 6) is -0.634. The fourth-order valence-corrected chi connectivity index (χ4v) is 3.15. The molecule has 0 heterocycles. The lowest BCUT2D eigenvalue weighted by molar-refractivity contribution is -0.136. The molecule has 0 aliphatic carbocycles. The lowest BCUT2D eigenvalue weighted by Crippen LogP contribution is -2.43. The Morgan fingerprint density at radius 3 is 1.90 bits per heavy atom. The fourth-order valence-electron chi connectivity index (χ4n) is 3.15. The van der Waals surface area contributed by atoms with Crippen LogP contribution in [-0.2, 0) is 15.8 Å². The third-order valence-electron chi connectivity index (χ3n) is 4.98. The van der Waals surface area contributed by atoms with E-state index >= 15 is 0 Å². The van der Waals surface area contributed by atoms with Crippen molar-refractivity contribution in [3.8, 4) is 5.75 Å². The van der Waals surface area contributed by atoms with E-state index in [0.29, 0.717) is 16.7 Å².